The first-order valence-corrected chi connectivity index (χ1v) is 6.97. The zero-order valence-electron chi connectivity index (χ0n) is 9.63. The maximum atomic E-state index is 5.80. The van der Waals surface area contributed by atoms with E-state index in [1.54, 1.807) is 0 Å². The number of nitrogens with zero attached hydrogens (tertiary/aromatic N) is 2. The van der Waals surface area contributed by atoms with Crippen LogP contribution in [0, 0.1) is 0 Å². The van der Waals surface area contributed by atoms with Crippen molar-refractivity contribution in [3.63, 3.8) is 0 Å². The van der Waals surface area contributed by atoms with Crippen molar-refractivity contribution in [2.24, 2.45) is 0 Å². The fraction of sp³-hybridized carbons (Fsp3) is 0.583. The molecule has 0 aliphatic heterocycles. The van der Waals surface area contributed by atoms with Crippen LogP contribution in [0.15, 0.2) is 22.8 Å². The number of hydrogen-bond acceptors (Lipinski definition) is 2. The fourth-order valence-electron chi connectivity index (χ4n) is 1.50. The van der Waals surface area contributed by atoms with Gasteiger partial charge in [-0.25, -0.2) is 0 Å². The molecule has 0 spiro atoms. The minimum Gasteiger partial charge on any atom is -0.296 e. The number of pyridine rings is 1. The third-order valence-electron chi connectivity index (χ3n) is 2.40. The van der Waals surface area contributed by atoms with Crippen molar-refractivity contribution in [3.05, 3.63) is 28.5 Å². The smallest absolute Gasteiger partial charge is 0.0544 e. The van der Waals surface area contributed by atoms with Crippen molar-refractivity contribution in [1.29, 1.82) is 0 Å². The molecule has 4 heteroatoms. The molecular formula is C12H18BrClN2. The molecule has 0 bridgehead atoms. The quantitative estimate of drug-likeness (QED) is 0.714. The van der Waals surface area contributed by atoms with Crippen LogP contribution < -0.4 is 0 Å². The standard InChI is InChI=1S/C12H18BrClN2/c1-2-3-7-16(8-6-14)10-12-5-4-11(13)9-15-12/h4-5,9H,2-3,6-8,10H2,1H3. The molecule has 0 radical (unpaired) electrons. The van der Waals surface area contributed by atoms with Crippen LogP contribution in [0.1, 0.15) is 25.5 Å². The zero-order valence-corrected chi connectivity index (χ0v) is 12.0. The molecule has 90 valence electrons. The van der Waals surface area contributed by atoms with E-state index in [9.17, 15) is 0 Å². The fourth-order valence-corrected chi connectivity index (χ4v) is 1.97. The average molecular weight is 306 g/mol. The minimum atomic E-state index is 0.681. The summed E-state index contributed by atoms with van der Waals surface area (Å²) in [6.07, 6.45) is 4.27. The van der Waals surface area contributed by atoms with Crippen molar-refractivity contribution < 1.29 is 0 Å². The van der Waals surface area contributed by atoms with Gasteiger partial charge in [0.1, 0.15) is 0 Å². The first-order valence-electron chi connectivity index (χ1n) is 5.65. The maximum absolute atomic E-state index is 5.80. The molecule has 0 saturated heterocycles. The molecule has 2 nitrogen and oxygen atoms in total. The molecule has 0 aromatic carbocycles. The molecule has 16 heavy (non-hydrogen) atoms. The summed E-state index contributed by atoms with van der Waals surface area (Å²) in [4.78, 5) is 6.73. The van der Waals surface area contributed by atoms with E-state index in [1.807, 2.05) is 12.3 Å². The van der Waals surface area contributed by atoms with Crippen LogP contribution in [-0.2, 0) is 6.54 Å². The van der Waals surface area contributed by atoms with E-state index in [2.05, 4.69) is 38.8 Å². The maximum Gasteiger partial charge on any atom is 0.0544 e. The molecule has 1 aromatic heterocycles. The van der Waals surface area contributed by atoms with Crippen LogP contribution >= 0.6 is 27.5 Å². The summed E-state index contributed by atoms with van der Waals surface area (Å²) >= 11 is 9.18. The summed E-state index contributed by atoms with van der Waals surface area (Å²) in [5, 5.41) is 0. The van der Waals surface area contributed by atoms with Crippen LogP contribution in [0.5, 0.6) is 0 Å². The molecule has 0 atom stereocenters. The number of unbranched alkanes of at least 4 members (excludes halogenated alkanes) is 1. The van der Waals surface area contributed by atoms with Crippen LogP contribution in [0.2, 0.25) is 0 Å². The van der Waals surface area contributed by atoms with E-state index in [0.717, 1.165) is 29.8 Å². The van der Waals surface area contributed by atoms with Gasteiger partial charge in [-0.2, -0.15) is 0 Å². The second kappa shape index (κ2) is 8.04. The van der Waals surface area contributed by atoms with Crippen molar-refractivity contribution in [1.82, 2.24) is 9.88 Å². The Morgan fingerprint density at radius 1 is 1.38 bits per heavy atom. The number of alkyl halides is 1. The summed E-state index contributed by atoms with van der Waals surface area (Å²) in [5.74, 6) is 0.681. The van der Waals surface area contributed by atoms with Gasteiger partial charge < -0.3 is 0 Å². The monoisotopic (exact) mass is 304 g/mol. The lowest BCUT2D eigenvalue weighted by molar-refractivity contribution is 0.274. The first kappa shape index (κ1) is 13.9. The summed E-state index contributed by atoms with van der Waals surface area (Å²) in [7, 11) is 0. The van der Waals surface area contributed by atoms with Gasteiger partial charge in [0.05, 0.1) is 5.69 Å². The van der Waals surface area contributed by atoms with E-state index in [4.69, 9.17) is 11.6 Å². The second-order valence-electron chi connectivity index (χ2n) is 3.79. The summed E-state index contributed by atoms with van der Waals surface area (Å²) in [6.45, 7) is 5.12. The van der Waals surface area contributed by atoms with Crippen molar-refractivity contribution in [2.75, 3.05) is 19.0 Å². The molecule has 0 saturated carbocycles. The molecule has 0 amide bonds. The van der Waals surface area contributed by atoms with Crippen LogP contribution in [0.3, 0.4) is 0 Å². The molecule has 0 aliphatic rings. The van der Waals surface area contributed by atoms with Gasteiger partial charge in [-0.05, 0) is 41.0 Å². The molecule has 1 aromatic rings. The Labute approximate surface area is 111 Å². The third-order valence-corrected chi connectivity index (χ3v) is 3.04. The Morgan fingerprint density at radius 2 is 2.19 bits per heavy atom. The first-order chi connectivity index (χ1) is 7.76. The summed E-state index contributed by atoms with van der Waals surface area (Å²) < 4.78 is 1.02. The van der Waals surface area contributed by atoms with Gasteiger partial charge in [0.2, 0.25) is 0 Å². The molecule has 0 aliphatic carbocycles. The van der Waals surface area contributed by atoms with Gasteiger partial charge >= 0.3 is 0 Å². The van der Waals surface area contributed by atoms with E-state index in [-0.39, 0.29) is 0 Å². The third kappa shape index (κ3) is 5.28. The zero-order chi connectivity index (χ0) is 11.8. The van der Waals surface area contributed by atoms with Gasteiger partial charge in [-0.1, -0.05) is 13.3 Å². The number of hydrogen-bond donors (Lipinski definition) is 0. The predicted molar refractivity (Wildman–Crippen MR) is 72.8 cm³/mol. The van der Waals surface area contributed by atoms with Gasteiger partial charge in [0, 0.05) is 29.6 Å². The predicted octanol–water partition coefficient (Wildman–Crippen LogP) is 3.69. The Bertz CT molecular complexity index is 290. The number of halogens is 2. The molecule has 1 rings (SSSR count). The Hall–Kier alpha value is -0.120. The minimum absolute atomic E-state index is 0.681. The van der Waals surface area contributed by atoms with Crippen molar-refractivity contribution in [2.45, 2.75) is 26.3 Å². The molecule has 0 fully saturated rings. The van der Waals surface area contributed by atoms with E-state index >= 15 is 0 Å². The van der Waals surface area contributed by atoms with E-state index in [0.29, 0.717) is 5.88 Å². The lowest BCUT2D eigenvalue weighted by Crippen LogP contribution is -2.26. The summed E-state index contributed by atoms with van der Waals surface area (Å²) in [6, 6.07) is 4.08. The SMILES string of the molecule is CCCCN(CCCl)Cc1ccc(Br)cn1. The highest BCUT2D eigenvalue weighted by Gasteiger charge is 2.05. The van der Waals surface area contributed by atoms with Gasteiger partial charge in [-0.15, -0.1) is 11.6 Å². The lowest BCUT2D eigenvalue weighted by atomic mass is 10.3. The highest BCUT2D eigenvalue weighted by atomic mass is 79.9. The normalized spacial score (nSPS) is 11.0. The Kier molecular flexibility index (Phi) is 7.01. The van der Waals surface area contributed by atoms with Crippen LogP contribution in [0.4, 0.5) is 0 Å². The van der Waals surface area contributed by atoms with Gasteiger partial charge in [0.15, 0.2) is 0 Å². The largest absolute Gasteiger partial charge is 0.296 e. The van der Waals surface area contributed by atoms with E-state index < -0.39 is 0 Å². The van der Waals surface area contributed by atoms with Crippen LogP contribution in [-0.4, -0.2) is 28.9 Å². The lowest BCUT2D eigenvalue weighted by Gasteiger charge is -2.20. The molecule has 1 heterocycles. The second-order valence-corrected chi connectivity index (χ2v) is 5.08. The van der Waals surface area contributed by atoms with Crippen molar-refractivity contribution >= 4 is 27.5 Å². The number of aromatic nitrogens is 1. The van der Waals surface area contributed by atoms with Crippen molar-refractivity contribution in [3.8, 4) is 0 Å². The van der Waals surface area contributed by atoms with E-state index in [1.165, 1.54) is 12.8 Å². The Morgan fingerprint density at radius 3 is 2.75 bits per heavy atom. The number of rotatable bonds is 7. The highest BCUT2D eigenvalue weighted by molar-refractivity contribution is 9.10. The molecule has 0 N–H and O–H groups in total. The average Bonchev–Trinajstić information content (AvgIpc) is 2.29. The Balaban J connectivity index is 2.49. The topological polar surface area (TPSA) is 16.1 Å². The van der Waals surface area contributed by atoms with Gasteiger partial charge in [-0.3, -0.25) is 9.88 Å². The van der Waals surface area contributed by atoms with Gasteiger partial charge in [0.25, 0.3) is 0 Å². The van der Waals surface area contributed by atoms with Crippen LogP contribution in [0.25, 0.3) is 0 Å². The molecule has 0 unspecified atom stereocenters. The summed E-state index contributed by atoms with van der Waals surface area (Å²) in [5.41, 5.74) is 1.10. The highest BCUT2D eigenvalue weighted by Crippen LogP contribution is 2.09. The molecular weight excluding hydrogens is 288 g/mol.